The van der Waals surface area contributed by atoms with Crippen LogP contribution in [0.25, 0.3) is 0 Å². The quantitative estimate of drug-likeness (QED) is 0.386. The van der Waals surface area contributed by atoms with E-state index in [9.17, 15) is 4.79 Å². The highest BCUT2D eigenvalue weighted by atomic mass is 127. The lowest BCUT2D eigenvalue weighted by atomic mass is 10.1. The molecule has 2 fully saturated rings. The van der Waals surface area contributed by atoms with Gasteiger partial charge in [0.1, 0.15) is 0 Å². The Kier molecular flexibility index (Phi) is 8.47. The Morgan fingerprint density at radius 1 is 1.31 bits per heavy atom. The van der Waals surface area contributed by atoms with Crippen molar-refractivity contribution in [2.45, 2.75) is 44.7 Å². The number of benzene rings is 1. The molecule has 1 saturated carbocycles. The molecule has 1 heterocycles. The fourth-order valence-corrected chi connectivity index (χ4v) is 3.94. The molecule has 1 saturated heterocycles. The third-order valence-electron chi connectivity index (χ3n) is 5.12. The van der Waals surface area contributed by atoms with Crippen LogP contribution in [0.5, 0.6) is 0 Å². The molecule has 5 nitrogen and oxygen atoms in total. The van der Waals surface area contributed by atoms with Crippen LogP contribution in [0.4, 0.5) is 0 Å². The van der Waals surface area contributed by atoms with Gasteiger partial charge in [-0.2, -0.15) is 0 Å². The van der Waals surface area contributed by atoms with Gasteiger partial charge in [0.05, 0.1) is 0 Å². The van der Waals surface area contributed by atoms with Crippen molar-refractivity contribution in [3.8, 4) is 0 Å². The van der Waals surface area contributed by atoms with Gasteiger partial charge in [-0.1, -0.05) is 36.6 Å². The summed E-state index contributed by atoms with van der Waals surface area (Å²) in [6.07, 6.45) is 5.50. The van der Waals surface area contributed by atoms with Crippen molar-refractivity contribution in [3.05, 3.63) is 34.9 Å². The molecular formula is C19H28ClIN4O. The fraction of sp³-hybridized carbons (Fsp3) is 0.579. The Morgan fingerprint density at radius 3 is 2.77 bits per heavy atom. The number of halogens is 2. The summed E-state index contributed by atoms with van der Waals surface area (Å²) in [5.74, 6) is 1.38. The maximum Gasteiger partial charge on any atom is 0.225 e. The minimum Gasteiger partial charge on any atom is -0.352 e. The maximum atomic E-state index is 12.5. The van der Waals surface area contributed by atoms with Crippen LogP contribution in [0.2, 0.25) is 5.02 Å². The minimum atomic E-state index is 0. The van der Waals surface area contributed by atoms with Crippen LogP contribution in [0, 0.1) is 5.92 Å². The van der Waals surface area contributed by atoms with Gasteiger partial charge in [0.25, 0.3) is 0 Å². The summed E-state index contributed by atoms with van der Waals surface area (Å²) in [5.41, 5.74) is 1.11. The third kappa shape index (κ3) is 5.74. The van der Waals surface area contributed by atoms with Crippen molar-refractivity contribution < 1.29 is 4.79 Å². The molecule has 1 unspecified atom stereocenters. The van der Waals surface area contributed by atoms with Crippen molar-refractivity contribution in [1.82, 2.24) is 15.5 Å². The number of rotatable bonds is 4. The van der Waals surface area contributed by atoms with E-state index in [1.807, 2.05) is 29.2 Å². The van der Waals surface area contributed by atoms with Crippen molar-refractivity contribution in [1.29, 1.82) is 0 Å². The standard InChI is InChI=1S/C19H27ClN4O.HI/c1-21-19(22-12-14-5-4-8-16(20)11-14)23-17-9-10-24(13-17)18(25)15-6-2-3-7-15;/h4-5,8,11,15,17H,2-3,6-7,9-10,12-13H2,1H3,(H2,21,22,23);1H. The molecular weight excluding hydrogens is 463 g/mol. The zero-order valence-electron chi connectivity index (χ0n) is 15.2. The molecule has 2 aliphatic rings. The number of hydrogen-bond acceptors (Lipinski definition) is 2. The highest BCUT2D eigenvalue weighted by molar-refractivity contribution is 14.0. The van der Waals surface area contributed by atoms with E-state index in [1.54, 1.807) is 7.05 Å². The van der Waals surface area contributed by atoms with Crippen molar-refractivity contribution in [2.24, 2.45) is 10.9 Å². The molecule has 1 aromatic carbocycles. The Morgan fingerprint density at radius 2 is 2.08 bits per heavy atom. The van der Waals surface area contributed by atoms with Gasteiger partial charge in [-0.05, 0) is 37.0 Å². The topological polar surface area (TPSA) is 56.7 Å². The zero-order chi connectivity index (χ0) is 17.6. The Bertz CT molecular complexity index is 634. The first-order chi connectivity index (χ1) is 12.2. The van der Waals surface area contributed by atoms with E-state index in [-0.39, 0.29) is 35.9 Å². The van der Waals surface area contributed by atoms with Gasteiger partial charge in [-0.25, -0.2) is 0 Å². The molecule has 3 rings (SSSR count). The van der Waals surface area contributed by atoms with Crippen LogP contribution < -0.4 is 10.6 Å². The monoisotopic (exact) mass is 490 g/mol. The van der Waals surface area contributed by atoms with Gasteiger partial charge in [0, 0.05) is 43.7 Å². The lowest BCUT2D eigenvalue weighted by Gasteiger charge is -2.21. The van der Waals surface area contributed by atoms with Gasteiger partial charge in [-0.15, -0.1) is 24.0 Å². The first-order valence-electron chi connectivity index (χ1n) is 9.16. The van der Waals surface area contributed by atoms with Gasteiger partial charge in [-0.3, -0.25) is 9.79 Å². The second-order valence-corrected chi connectivity index (χ2v) is 7.39. The SMILES string of the molecule is CN=C(NCc1cccc(Cl)c1)NC1CCN(C(=O)C2CCCC2)C1.I. The van der Waals surface area contributed by atoms with E-state index in [0.717, 1.165) is 48.9 Å². The molecule has 1 atom stereocenters. The molecule has 1 aliphatic heterocycles. The van der Waals surface area contributed by atoms with Crippen LogP contribution in [0.15, 0.2) is 29.3 Å². The zero-order valence-corrected chi connectivity index (χ0v) is 18.3. The smallest absolute Gasteiger partial charge is 0.225 e. The third-order valence-corrected chi connectivity index (χ3v) is 5.35. The van der Waals surface area contributed by atoms with E-state index < -0.39 is 0 Å². The predicted molar refractivity (Wildman–Crippen MR) is 117 cm³/mol. The lowest BCUT2D eigenvalue weighted by Crippen LogP contribution is -2.45. The summed E-state index contributed by atoms with van der Waals surface area (Å²) in [6, 6.07) is 8.05. The van der Waals surface area contributed by atoms with E-state index >= 15 is 0 Å². The lowest BCUT2D eigenvalue weighted by molar-refractivity contribution is -0.134. The Balaban J connectivity index is 0.00000243. The van der Waals surface area contributed by atoms with Gasteiger partial charge >= 0.3 is 0 Å². The van der Waals surface area contributed by atoms with Crippen LogP contribution >= 0.6 is 35.6 Å². The van der Waals surface area contributed by atoms with Gasteiger partial charge in [0.15, 0.2) is 5.96 Å². The molecule has 26 heavy (non-hydrogen) atoms. The predicted octanol–water partition coefficient (Wildman–Crippen LogP) is 3.41. The molecule has 2 N–H and O–H groups in total. The number of nitrogens with one attached hydrogen (secondary N) is 2. The normalized spacial score (nSPS) is 20.8. The molecule has 0 spiro atoms. The Hall–Kier alpha value is -1.02. The van der Waals surface area contributed by atoms with Crippen LogP contribution in [0.3, 0.4) is 0 Å². The van der Waals surface area contributed by atoms with E-state index in [0.29, 0.717) is 12.5 Å². The van der Waals surface area contributed by atoms with Crippen LogP contribution in [0.1, 0.15) is 37.7 Å². The van der Waals surface area contributed by atoms with Crippen molar-refractivity contribution in [3.63, 3.8) is 0 Å². The molecule has 144 valence electrons. The number of likely N-dealkylation sites (tertiary alicyclic amines) is 1. The fourth-order valence-electron chi connectivity index (χ4n) is 3.73. The summed E-state index contributed by atoms with van der Waals surface area (Å²) in [6.45, 7) is 2.28. The summed E-state index contributed by atoms with van der Waals surface area (Å²) in [7, 11) is 1.77. The van der Waals surface area contributed by atoms with Gasteiger partial charge < -0.3 is 15.5 Å². The van der Waals surface area contributed by atoms with Gasteiger partial charge in [0.2, 0.25) is 5.91 Å². The molecule has 1 amide bonds. The average Bonchev–Trinajstić information content (AvgIpc) is 3.30. The Labute approximate surface area is 178 Å². The molecule has 0 aromatic heterocycles. The molecule has 0 bridgehead atoms. The average molecular weight is 491 g/mol. The van der Waals surface area contributed by atoms with Crippen LogP contribution in [-0.2, 0) is 11.3 Å². The number of nitrogens with zero attached hydrogens (tertiary/aromatic N) is 2. The highest BCUT2D eigenvalue weighted by Crippen LogP contribution is 2.27. The summed E-state index contributed by atoms with van der Waals surface area (Å²) >= 11 is 6.02. The summed E-state index contributed by atoms with van der Waals surface area (Å²) in [4.78, 5) is 18.9. The minimum absolute atomic E-state index is 0. The van der Waals surface area contributed by atoms with Crippen molar-refractivity contribution in [2.75, 3.05) is 20.1 Å². The molecule has 1 aliphatic carbocycles. The van der Waals surface area contributed by atoms with E-state index in [4.69, 9.17) is 11.6 Å². The summed E-state index contributed by atoms with van der Waals surface area (Å²) in [5, 5.41) is 7.49. The number of guanidine groups is 1. The number of hydrogen-bond donors (Lipinski definition) is 2. The van der Waals surface area contributed by atoms with Crippen molar-refractivity contribution >= 4 is 47.4 Å². The van der Waals surface area contributed by atoms with E-state index in [2.05, 4.69) is 15.6 Å². The maximum absolute atomic E-state index is 12.5. The second-order valence-electron chi connectivity index (χ2n) is 6.95. The number of carbonyl (C=O) groups excluding carboxylic acids is 1. The first kappa shape index (κ1) is 21.3. The number of amides is 1. The highest BCUT2D eigenvalue weighted by Gasteiger charge is 2.32. The van der Waals surface area contributed by atoms with Crippen LogP contribution in [-0.4, -0.2) is 42.9 Å². The largest absolute Gasteiger partial charge is 0.352 e. The molecule has 7 heteroatoms. The first-order valence-corrected chi connectivity index (χ1v) is 9.54. The number of aliphatic imine (C=N–C) groups is 1. The van der Waals surface area contributed by atoms with E-state index in [1.165, 1.54) is 12.8 Å². The summed E-state index contributed by atoms with van der Waals surface area (Å²) < 4.78 is 0. The molecule has 1 aromatic rings. The molecule has 0 radical (unpaired) electrons. The number of carbonyl (C=O) groups is 1. The second kappa shape index (κ2) is 10.3.